The number of nitrogens with one attached hydrogen (secondary N) is 1. The average Bonchev–Trinajstić information content (AvgIpc) is 3.05. The first kappa shape index (κ1) is 15.9. The maximum atomic E-state index is 12.2. The van der Waals surface area contributed by atoms with E-state index in [1.54, 1.807) is 12.1 Å². The lowest BCUT2D eigenvalue weighted by atomic mass is 10.3. The van der Waals surface area contributed by atoms with E-state index in [0.29, 0.717) is 5.76 Å². The molecule has 2 heterocycles. The van der Waals surface area contributed by atoms with Gasteiger partial charge in [-0.2, -0.15) is 0 Å². The minimum atomic E-state index is -0.761. The lowest BCUT2D eigenvalue weighted by Gasteiger charge is -2.12. The van der Waals surface area contributed by atoms with Gasteiger partial charge in [-0.05, 0) is 18.2 Å². The van der Waals surface area contributed by atoms with E-state index < -0.39 is 17.2 Å². The number of terminal acetylenes is 1. The molecule has 0 unspecified atom stereocenters. The summed E-state index contributed by atoms with van der Waals surface area (Å²) in [5, 5.41) is 2.35. The van der Waals surface area contributed by atoms with Crippen molar-refractivity contribution in [3.05, 3.63) is 51.1 Å². The molecule has 2 rings (SSSR count). The third-order valence-corrected chi connectivity index (χ3v) is 3.03. The van der Waals surface area contributed by atoms with Gasteiger partial charge >= 0.3 is 5.69 Å². The van der Waals surface area contributed by atoms with Crippen molar-refractivity contribution < 1.29 is 9.21 Å². The molecule has 0 atom stereocenters. The Morgan fingerprint density at radius 2 is 2.26 bits per heavy atom. The monoisotopic (exact) mass is 314 g/mol. The highest BCUT2D eigenvalue weighted by Crippen LogP contribution is 2.10. The Labute approximate surface area is 130 Å². The summed E-state index contributed by atoms with van der Waals surface area (Å²) in [4.78, 5) is 36.1. The molecule has 0 aliphatic rings. The average molecular weight is 314 g/mol. The minimum absolute atomic E-state index is 0.159. The predicted octanol–water partition coefficient (Wildman–Crippen LogP) is 0.00730. The Kier molecular flexibility index (Phi) is 4.52. The zero-order valence-corrected chi connectivity index (χ0v) is 12.3. The van der Waals surface area contributed by atoms with Crippen molar-refractivity contribution in [3.63, 3.8) is 0 Å². The molecule has 0 radical (unpaired) electrons. The normalized spacial score (nSPS) is 10.6. The van der Waals surface area contributed by atoms with Crippen LogP contribution in [0.5, 0.6) is 0 Å². The van der Waals surface area contributed by atoms with Crippen LogP contribution in [0.2, 0.25) is 0 Å². The fourth-order valence-corrected chi connectivity index (χ4v) is 1.84. The van der Waals surface area contributed by atoms with Gasteiger partial charge in [-0.3, -0.25) is 14.2 Å². The van der Waals surface area contributed by atoms with Crippen molar-refractivity contribution in [1.29, 1.82) is 0 Å². The van der Waals surface area contributed by atoms with Gasteiger partial charge in [-0.15, -0.1) is 6.42 Å². The maximum Gasteiger partial charge on any atom is 0.333 e. The molecular weight excluding hydrogens is 300 g/mol. The largest absolute Gasteiger partial charge is 0.465 e. The van der Waals surface area contributed by atoms with Gasteiger partial charge in [0.05, 0.1) is 12.8 Å². The van der Waals surface area contributed by atoms with Crippen LogP contribution in [0.1, 0.15) is 5.76 Å². The third-order valence-electron chi connectivity index (χ3n) is 3.03. The Morgan fingerprint density at radius 1 is 1.52 bits per heavy atom. The lowest BCUT2D eigenvalue weighted by Crippen LogP contribution is -2.41. The quantitative estimate of drug-likeness (QED) is 0.609. The number of aromatic nitrogens is 2. The number of hydrogen-bond donors (Lipinski definition) is 2. The van der Waals surface area contributed by atoms with E-state index in [1.165, 1.54) is 25.5 Å². The summed E-state index contributed by atoms with van der Waals surface area (Å²) in [6, 6.07) is 3.32. The van der Waals surface area contributed by atoms with E-state index in [1.807, 2.05) is 0 Å². The van der Waals surface area contributed by atoms with E-state index in [2.05, 4.69) is 11.2 Å². The van der Waals surface area contributed by atoms with E-state index in [4.69, 9.17) is 16.6 Å². The molecule has 23 heavy (non-hydrogen) atoms. The highest BCUT2D eigenvalue weighted by atomic mass is 16.3. The van der Waals surface area contributed by atoms with Crippen LogP contribution in [-0.4, -0.2) is 15.0 Å². The summed E-state index contributed by atoms with van der Waals surface area (Å²) < 4.78 is 6.88. The minimum Gasteiger partial charge on any atom is -0.465 e. The lowest BCUT2D eigenvalue weighted by molar-refractivity contribution is -0.111. The number of carbonyl (C=O) groups is 1. The van der Waals surface area contributed by atoms with Crippen molar-refractivity contribution in [3.8, 4) is 12.3 Å². The predicted molar refractivity (Wildman–Crippen MR) is 85.6 cm³/mol. The molecule has 0 fully saturated rings. The smallest absolute Gasteiger partial charge is 0.333 e. The molecule has 0 saturated carbocycles. The Balaban J connectivity index is 2.36. The highest BCUT2D eigenvalue weighted by Gasteiger charge is 2.16. The van der Waals surface area contributed by atoms with Gasteiger partial charge in [0.15, 0.2) is 0 Å². The third kappa shape index (κ3) is 3.24. The molecule has 0 aromatic carbocycles. The first-order chi connectivity index (χ1) is 11.0. The molecule has 8 nitrogen and oxygen atoms in total. The van der Waals surface area contributed by atoms with E-state index >= 15 is 0 Å². The number of anilines is 2. The zero-order valence-electron chi connectivity index (χ0n) is 12.3. The summed E-state index contributed by atoms with van der Waals surface area (Å²) in [6.45, 7) is -0.225. The number of nitrogens with zero attached hydrogens (tertiary/aromatic N) is 2. The van der Waals surface area contributed by atoms with Crippen LogP contribution in [-0.2, 0) is 18.4 Å². The Morgan fingerprint density at radius 3 is 2.87 bits per heavy atom. The summed E-state index contributed by atoms with van der Waals surface area (Å²) >= 11 is 0. The first-order valence-electron chi connectivity index (χ1n) is 6.51. The van der Waals surface area contributed by atoms with Crippen LogP contribution in [0, 0.1) is 12.3 Å². The number of hydrogen-bond acceptors (Lipinski definition) is 5. The molecular formula is C15H14N4O4. The number of nitrogen functional groups attached to an aromatic ring is 1. The van der Waals surface area contributed by atoms with Crippen molar-refractivity contribution in [2.75, 3.05) is 11.1 Å². The van der Waals surface area contributed by atoms with Gasteiger partial charge in [0.25, 0.3) is 5.56 Å². The SMILES string of the molecule is C#CCn1c(=O)c(NC(=O)C=Cc2ccco2)c(N)n(C)c1=O. The zero-order chi connectivity index (χ0) is 17.0. The summed E-state index contributed by atoms with van der Waals surface area (Å²) in [5.74, 6) is 1.92. The van der Waals surface area contributed by atoms with Crippen LogP contribution in [0.25, 0.3) is 6.08 Å². The summed E-state index contributed by atoms with van der Waals surface area (Å²) in [6.07, 6.45) is 9.20. The molecule has 1 amide bonds. The molecule has 0 spiro atoms. The molecule has 0 saturated heterocycles. The second-order valence-corrected chi connectivity index (χ2v) is 4.54. The van der Waals surface area contributed by atoms with Crippen molar-refractivity contribution in [1.82, 2.24) is 9.13 Å². The van der Waals surface area contributed by atoms with E-state index in [0.717, 1.165) is 9.13 Å². The van der Waals surface area contributed by atoms with Gasteiger partial charge < -0.3 is 15.5 Å². The summed E-state index contributed by atoms with van der Waals surface area (Å²) in [5.41, 5.74) is 4.10. The van der Waals surface area contributed by atoms with Crippen molar-refractivity contribution in [2.24, 2.45) is 7.05 Å². The molecule has 8 heteroatoms. The highest BCUT2D eigenvalue weighted by molar-refractivity contribution is 6.02. The second kappa shape index (κ2) is 6.53. The van der Waals surface area contributed by atoms with Gasteiger partial charge in [0.2, 0.25) is 5.91 Å². The van der Waals surface area contributed by atoms with Crippen LogP contribution < -0.4 is 22.3 Å². The fourth-order valence-electron chi connectivity index (χ4n) is 1.84. The number of rotatable bonds is 4. The molecule has 2 aromatic heterocycles. The van der Waals surface area contributed by atoms with E-state index in [9.17, 15) is 14.4 Å². The number of carbonyl (C=O) groups excluding carboxylic acids is 1. The number of furan rings is 1. The van der Waals surface area contributed by atoms with Gasteiger partial charge in [0, 0.05) is 13.1 Å². The van der Waals surface area contributed by atoms with Gasteiger partial charge in [-0.1, -0.05) is 5.92 Å². The molecule has 0 aliphatic heterocycles. The van der Waals surface area contributed by atoms with Gasteiger partial charge in [0.1, 0.15) is 17.3 Å². The van der Waals surface area contributed by atoms with Crippen molar-refractivity contribution >= 4 is 23.5 Å². The standard InChI is InChI=1S/C15H14N4O4/c1-3-8-19-14(21)12(13(16)18(2)15(19)22)17-11(20)7-6-10-5-4-9-23-10/h1,4-7,9H,8,16H2,2H3,(H,17,20). The van der Waals surface area contributed by atoms with Crippen LogP contribution >= 0.6 is 0 Å². The Bertz CT molecular complexity index is 911. The molecule has 0 bridgehead atoms. The van der Waals surface area contributed by atoms with E-state index in [-0.39, 0.29) is 18.1 Å². The first-order valence-corrected chi connectivity index (χ1v) is 6.51. The Hall–Kier alpha value is -3.47. The topological polar surface area (TPSA) is 112 Å². The van der Waals surface area contributed by atoms with Crippen molar-refractivity contribution in [2.45, 2.75) is 6.54 Å². The fraction of sp³-hybridized carbons (Fsp3) is 0.133. The summed E-state index contributed by atoms with van der Waals surface area (Å²) in [7, 11) is 1.37. The maximum absolute atomic E-state index is 12.2. The van der Waals surface area contributed by atoms with Crippen LogP contribution in [0.4, 0.5) is 11.5 Å². The molecule has 118 valence electrons. The molecule has 2 aromatic rings. The van der Waals surface area contributed by atoms with Gasteiger partial charge in [-0.25, -0.2) is 9.36 Å². The second-order valence-electron chi connectivity index (χ2n) is 4.54. The van der Waals surface area contributed by atoms with Crippen LogP contribution in [0.15, 0.2) is 38.5 Å². The molecule has 3 N–H and O–H groups in total. The van der Waals surface area contributed by atoms with Crippen LogP contribution in [0.3, 0.4) is 0 Å². The number of amides is 1. The number of nitrogens with two attached hydrogens (primary N) is 1. The molecule has 0 aliphatic carbocycles.